The van der Waals surface area contributed by atoms with Crippen LogP contribution in [-0.4, -0.2) is 33.5 Å². The lowest BCUT2D eigenvalue weighted by molar-refractivity contribution is -0.137. The topological polar surface area (TPSA) is 66.3 Å². The number of carboxylic acids is 1. The lowest BCUT2D eigenvalue weighted by Crippen LogP contribution is -2.33. The second kappa shape index (κ2) is 6.13. The summed E-state index contributed by atoms with van der Waals surface area (Å²) in [6, 6.07) is 0. The Balaban J connectivity index is 1.81. The van der Waals surface area contributed by atoms with Gasteiger partial charge < -0.3 is 10.0 Å². The molecule has 0 atom stereocenters. The summed E-state index contributed by atoms with van der Waals surface area (Å²) in [4.78, 5) is 17.3. The predicted molar refractivity (Wildman–Crippen MR) is 71.1 cm³/mol. The van der Waals surface area contributed by atoms with Gasteiger partial charge in [0.2, 0.25) is 5.13 Å². The van der Waals surface area contributed by atoms with Gasteiger partial charge in [0.1, 0.15) is 5.82 Å². The molecule has 18 heavy (non-hydrogen) atoms. The zero-order valence-corrected chi connectivity index (χ0v) is 11.4. The van der Waals surface area contributed by atoms with E-state index in [1.165, 1.54) is 11.5 Å². The summed E-state index contributed by atoms with van der Waals surface area (Å²) in [5.41, 5.74) is 0. The maximum Gasteiger partial charge on any atom is 0.303 e. The molecule has 100 valence electrons. The van der Waals surface area contributed by atoms with Gasteiger partial charge in [0, 0.05) is 37.5 Å². The zero-order chi connectivity index (χ0) is 13.0. The summed E-state index contributed by atoms with van der Waals surface area (Å²) < 4.78 is 4.30. The number of carbonyl (C=O) groups is 1. The van der Waals surface area contributed by atoms with Crippen LogP contribution in [0, 0.1) is 5.92 Å². The molecule has 0 saturated carbocycles. The minimum absolute atomic E-state index is 0.295. The number of aliphatic carboxylic acids is 1. The van der Waals surface area contributed by atoms with Gasteiger partial charge in [0.25, 0.3) is 0 Å². The highest BCUT2D eigenvalue weighted by Gasteiger charge is 2.22. The second-order valence-corrected chi connectivity index (χ2v) is 5.44. The fourth-order valence-corrected chi connectivity index (χ4v) is 3.06. The Kier molecular flexibility index (Phi) is 4.52. The van der Waals surface area contributed by atoms with E-state index in [1.807, 2.05) is 0 Å². The largest absolute Gasteiger partial charge is 0.481 e. The molecule has 1 N–H and O–H groups in total. The van der Waals surface area contributed by atoms with Gasteiger partial charge in [-0.15, -0.1) is 0 Å². The summed E-state index contributed by atoms with van der Waals surface area (Å²) >= 11 is 1.47. The smallest absolute Gasteiger partial charge is 0.303 e. The maximum absolute atomic E-state index is 10.5. The molecule has 1 aliphatic rings. The molecule has 0 unspecified atom stereocenters. The Morgan fingerprint density at radius 2 is 2.22 bits per heavy atom. The molecule has 0 radical (unpaired) electrons. The first-order valence-corrected chi connectivity index (χ1v) is 7.25. The lowest BCUT2D eigenvalue weighted by Gasteiger charge is -2.31. The Morgan fingerprint density at radius 1 is 1.50 bits per heavy atom. The third kappa shape index (κ3) is 3.41. The van der Waals surface area contributed by atoms with Crippen LogP contribution in [0.1, 0.15) is 38.4 Å². The summed E-state index contributed by atoms with van der Waals surface area (Å²) in [6.45, 7) is 4.01. The van der Waals surface area contributed by atoms with E-state index in [9.17, 15) is 4.79 Å². The van der Waals surface area contributed by atoms with Crippen molar-refractivity contribution in [1.29, 1.82) is 0 Å². The number of carboxylic acid groups (broad SMARTS) is 1. The molecule has 2 rings (SSSR count). The predicted octanol–water partition coefficient (Wildman–Crippen LogP) is 2.18. The molecule has 0 aliphatic carbocycles. The molecule has 1 aromatic heterocycles. The summed E-state index contributed by atoms with van der Waals surface area (Å²) in [5, 5.41) is 9.69. The molecule has 1 saturated heterocycles. The molecule has 0 amide bonds. The van der Waals surface area contributed by atoms with Crippen molar-refractivity contribution in [3.05, 3.63) is 5.82 Å². The van der Waals surface area contributed by atoms with Gasteiger partial charge in [-0.05, 0) is 25.2 Å². The normalized spacial score (nSPS) is 17.1. The Hall–Kier alpha value is -1.17. The van der Waals surface area contributed by atoms with E-state index in [-0.39, 0.29) is 0 Å². The van der Waals surface area contributed by atoms with E-state index >= 15 is 0 Å². The van der Waals surface area contributed by atoms with Crippen molar-refractivity contribution in [3.63, 3.8) is 0 Å². The van der Waals surface area contributed by atoms with E-state index in [0.29, 0.717) is 12.3 Å². The fraction of sp³-hybridized carbons (Fsp3) is 0.750. The van der Waals surface area contributed by atoms with Crippen LogP contribution in [-0.2, 0) is 11.2 Å². The molecule has 0 spiro atoms. The molecule has 1 fully saturated rings. The molecule has 1 aromatic rings. The van der Waals surface area contributed by atoms with Gasteiger partial charge in [-0.25, -0.2) is 4.98 Å². The van der Waals surface area contributed by atoms with Crippen LogP contribution in [0.2, 0.25) is 0 Å². The number of aromatic nitrogens is 2. The minimum Gasteiger partial charge on any atom is -0.481 e. The maximum atomic E-state index is 10.5. The van der Waals surface area contributed by atoms with Crippen molar-refractivity contribution < 1.29 is 9.90 Å². The number of nitrogens with zero attached hydrogens (tertiary/aromatic N) is 3. The van der Waals surface area contributed by atoms with Gasteiger partial charge in [-0.1, -0.05) is 6.92 Å². The zero-order valence-electron chi connectivity index (χ0n) is 10.6. The molecule has 1 aliphatic heterocycles. The van der Waals surface area contributed by atoms with Crippen LogP contribution in [0.15, 0.2) is 0 Å². The number of piperidine rings is 1. The van der Waals surface area contributed by atoms with Gasteiger partial charge in [0.15, 0.2) is 0 Å². The second-order valence-electron chi connectivity index (χ2n) is 4.71. The fourth-order valence-electron chi connectivity index (χ4n) is 2.26. The van der Waals surface area contributed by atoms with E-state index in [0.717, 1.165) is 49.7 Å². The summed E-state index contributed by atoms with van der Waals surface area (Å²) in [6.07, 6.45) is 4.11. The molecular weight excluding hydrogens is 250 g/mol. The number of aryl methyl sites for hydroxylation is 1. The highest BCUT2D eigenvalue weighted by molar-refractivity contribution is 7.09. The van der Waals surface area contributed by atoms with Gasteiger partial charge in [-0.3, -0.25) is 4.79 Å². The van der Waals surface area contributed by atoms with E-state index in [2.05, 4.69) is 21.2 Å². The average molecular weight is 269 g/mol. The SMILES string of the molecule is CCc1nsc(N2CCC(CCC(=O)O)CC2)n1. The van der Waals surface area contributed by atoms with Crippen LogP contribution < -0.4 is 4.90 Å². The number of anilines is 1. The third-order valence-corrected chi connectivity index (χ3v) is 4.24. The van der Waals surface area contributed by atoms with E-state index < -0.39 is 5.97 Å². The molecule has 0 aromatic carbocycles. The van der Waals surface area contributed by atoms with Gasteiger partial charge >= 0.3 is 5.97 Å². The highest BCUT2D eigenvalue weighted by atomic mass is 32.1. The standard InChI is InChI=1S/C12H19N3O2S/c1-2-10-13-12(18-14-10)15-7-5-9(6-8-15)3-4-11(16)17/h9H,2-8H2,1H3,(H,16,17). The monoisotopic (exact) mass is 269 g/mol. The molecule has 5 nitrogen and oxygen atoms in total. The molecule has 2 heterocycles. The quantitative estimate of drug-likeness (QED) is 0.887. The van der Waals surface area contributed by atoms with Crippen molar-refractivity contribution in [2.45, 2.75) is 39.0 Å². The Bertz CT molecular complexity index is 400. The summed E-state index contributed by atoms with van der Waals surface area (Å²) in [5.74, 6) is 0.785. The Morgan fingerprint density at radius 3 is 2.78 bits per heavy atom. The van der Waals surface area contributed by atoms with Crippen LogP contribution >= 0.6 is 11.5 Å². The van der Waals surface area contributed by atoms with Crippen LogP contribution in [0.3, 0.4) is 0 Å². The first-order chi connectivity index (χ1) is 8.69. The van der Waals surface area contributed by atoms with E-state index in [1.54, 1.807) is 0 Å². The van der Waals surface area contributed by atoms with Gasteiger partial charge in [0.05, 0.1) is 0 Å². The van der Waals surface area contributed by atoms with Crippen molar-refractivity contribution in [3.8, 4) is 0 Å². The summed E-state index contributed by atoms with van der Waals surface area (Å²) in [7, 11) is 0. The first-order valence-electron chi connectivity index (χ1n) is 6.48. The highest BCUT2D eigenvalue weighted by Crippen LogP contribution is 2.27. The lowest BCUT2D eigenvalue weighted by atomic mass is 9.92. The van der Waals surface area contributed by atoms with Crippen LogP contribution in [0.5, 0.6) is 0 Å². The third-order valence-electron chi connectivity index (χ3n) is 3.43. The van der Waals surface area contributed by atoms with Crippen molar-refractivity contribution in [2.75, 3.05) is 18.0 Å². The molecule has 0 bridgehead atoms. The number of hydrogen-bond acceptors (Lipinski definition) is 5. The van der Waals surface area contributed by atoms with Gasteiger partial charge in [-0.2, -0.15) is 4.37 Å². The number of rotatable bonds is 5. The van der Waals surface area contributed by atoms with Crippen molar-refractivity contribution >= 4 is 22.6 Å². The van der Waals surface area contributed by atoms with Crippen LogP contribution in [0.25, 0.3) is 0 Å². The van der Waals surface area contributed by atoms with Crippen LogP contribution in [0.4, 0.5) is 5.13 Å². The number of hydrogen-bond donors (Lipinski definition) is 1. The Labute approximate surface area is 111 Å². The minimum atomic E-state index is -0.686. The molecular formula is C12H19N3O2S. The van der Waals surface area contributed by atoms with Crippen molar-refractivity contribution in [1.82, 2.24) is 9.36 Å². The van der Waals surface area contributed by atoms with Crippen molar-refractivity contribution in [2.24, 2.45) is 5.92 Å². The first kappa shape index (κ1) is 13.3. The average Bonchev–Trinajstić information content (AvgIpc) is 2.85. The molecule has 6 heteroatoms. The van der Waals surface area contributed by atoms with E-state index in [4.69, 9.17) is 5.11 Å².